The fourth-order valence-electron chi connectivity index (χ4n) is 2.16. The fraction of sp³-hybridized carbons (Fsp3) is 0.118. The molecule has 0 radical (unpaired) electrons. The summed E-state index contributed by atoms with van der Waals surface area (Å²) in [6.45, 7) is 2.02. The van der Waals surface area contributed by atoms with Crippen LogP contribution in [0.1, 0.15) is 21.5 Å². The second-order valence-corrected chi connectivity index (χ2v) is 6.26. The van der Waals surface area contributed by atoms with Crippen LogP contribution in [0.5, 0.6) is 0 Å². The number of nitrogen functional groups attached to an aromatic ring is 1. The lowest BCUT2D eigenvalue weighted by molar-refractivity contribution is -0.255. The van der Waals surface area contributed by atoms with Gasteiger partial charge in [-0.05, 0) is 18.1 Å². The minimum Gasteiger partial charge on any atom is -0.545 e. The van der Waals surface area contributed by atoms with Crippen LogP contribution < -0.4 is 10.9 Å². The van der Waals surface area contributed by atoms with Gasteiger partial charge in [0, 0.05) is 11.3 Å². The van der Waals surface area contributed by atoms with Crippen LogP contribution in [0, 0.1) is 6.92 Å². The Morgan fingerprint density at radius 3 is 2.42 bits per heavy atom. The molecule has 0 aliphatic carbocycles. The van der Waals surface area contributed by atoms with Crippen molar-refractivity contribution in [3.8, 4) is 11.4 Å². The molecular weight excluding hydrogens is 324 g/mol. The van der Waals surface area contributed by atoms with Gasteiger partial charge in [0.15, 0.2) is 5.82 Å². The number of aryl methyl sites for hydroxylation is 1. The molecule has 3 rings (SSSR count). The number of hydrogen-bond donors (Lipinski definition) is 1. The zero-order valence-electron chi connectivity index (χ0n) is 13.0. The summed E-state index contributed by atoms with van der Waals surface area (Å²) in [5, 5.41) is 19.6. The van der Waals surface area contributed by atoms with Crippen molar-refractivity contribution in [2.24, 2.45) is 0 Å². The zero-order chi connectivity index (χ0) is 17.1. The molecule has 7 heteroatoms. The van der Waals surface area contributed by atoms with Gasteiger partial charge in [-0.25, -0.2) is 4.68 Å². The predicted octanol–water partition coefficient (Wildman–Crippen LogP) is 1.62. The van der Waals surface area contributed by atoms with Gasteiger partial charge in [0.25, 0.3) is 0 Å². The molecule has 0 bridgehead atoms. The van der Waals surface area contributed by atoms with Crippen LogP contribution in [0.25, 0.3) is 11.4 Å². The second-order valence-electron chi connectivity index (χ2n) is 5.32. The van der Waals surface area contributed by atoms with Gasteiger partial charge < -0.3 is 15.7 Å². The molecule has 6 nitrogen and oxygen atoms in total. The number of aromatic nitrogens is 3. The molecule has 0 saturated heterocycles. The second kappa shape index (κ2) is 6.76. The summed E-state index contributed by atoms with van der Waals surface area (Å²) < 4.78 is 1.46. The van der Waals surface area contributed by atoms with E-state index in [0.717, 1.165) is 16.7 Å². The number of benzene rings is 2. The van der Waals surface area contributed by atoms with Crippen LogP contribution in [0.4, 0.5) is 0 Å². The van der Waals surface area contributed by atoms with E-state index in [2.05, 4.69) is 10.2 Å². The lowest BCUT2D eigenvalue weighted by Crippen LogP contribution is -2.21. The van der Waals surface area contributed by atoms with Crippen LogP contribution in [-0.4, -0.2) is 20.8 Å². The van der Waals surface area contributed by atoms with Crippen molar-refractivity contribution in [3.63, 3.8) is 0 Å². The molecule has 2 aromatic carbocycles. The normalized spacial score (nSPS) is 10.7. The van der Waals surface area contributed by atoms with Crippen LogP contribution in [0.15, 0.2) is 53.7 Å². The van der Waals surface area contributed by atoms with Gasteiger partial charge in [-0.1, -0.05) is 65.9 Å². The average Bonchev–Trinajstić information content (AvgIpc) is 2.95. The molecule has 3 aromatic rings. The lowest BCUT2D eigenvalue weighted by atomic mass is 10.1. The first-order chi connectivity index (χ1) is 11.5. The van der Waals surface area contributed by atoms with Gasteiger partial charge in [0.2, 0.25) is 5.16 Å². The van der Waals surface area contributed by atoms with Gasteiger partial charge in [0.1, 0.15) is 0 Å². The van der Waals surface area contributed by atoms with Crippen molar-refractivity contribution in [1.82, 2.24) is 14.9 Å². The number of nitrogens with two attached hydrogens (primary N) is 1. The first-order valence-corrected chi connectivity index (χ1v) is 8.24. The Bertz CT molecular complexity index is 857. The Morgan fingerprint density at radius 1 is 1.12 bits per heavy atom. The third kappa shape index (κ3) is 3.41. The van der Waals surface area contributed by atoms with E-state index in [4.69, 9.17) is 5.84 Å². The standard InChI is InChI=1S/C17H16N4O2S/c1-11-2-6-13(7-3-11)15-19-20-17(21(15)18)24-10-12-4-8-14(9-5-12)16(22)23/h2-9H,10,18H2,1H3,(H,22,23)/p-1. The van der Waals surface area contributed by atoms with Crippen LogP contribution >= 0.6 is 11.8 Å². The van der Waals surface area contributed by atoms with E-state index >= 15 is 0 Å². The van der Waals surface area contributed by atoms with Gasteiger partial charge in [-0.15, -0.1) is 10.2 Å². The SMILES string of the molecule is Cc1ccc(-c2nnc(SCc3ccc(C(=O)[O-])cc3)n2N)cc1. The maximum Gasteiger partial charge on any atom is 0.210 e. The summed E-state index contributed by atoms with van der Waals surface area (Å²) in [6.07, 6.45) is 0. The molecule has 0 fully saturated rings. The number of rotatable bonds is 5. The fourth-order valence-corrected chi connectivity index (χ4v) is 2.97. The monoisotopic (exact) mass is 339 g/mol. The Balaban J connectivity index is 1.72. The van der Waals surface area contributed by atoms with Crippen molar-refractivity contribution in [2.75, 3.05) is 5.84 Å². The number of carboxylic acid groups (broad SMARTS) is 1. The Kier molecular flexibility index (Phi) is 4.52. The average molecular weight is 339 g/mol. The maximum atomic E-state index is 10.7. The first-order valence-electron chi connectivity index (χ1n) is 7.25. The van der Waals surface area contributed by atoms with E-state index in [9.17, 15) is 9.90 Å². The molecule has 1 heterocycles. The summed E-state index contributed by atoms with van der Waals surface area (Å²) in [5.74, 6) is 6.11. The number of aromatic carboxylic acids is 1. The van der Waals surface area contributed by atoms with Gasteiger partial charge in [-0.3, -0.25) is 0 Å². The minimum atomic E-state index is -1.18. The van der Waals surface area contributed by atoms with E-state index in [1.807, 2.05) is 31.2 Å². The topological polar surface area (TPSA) is 96.9 Å². The molecular formula is C17H15N4O2S-. The number of thioether (sulfide) groups is 1. The third-order valence-electron chi connectivity index (χ3n) is 3.53. The van der Waals surface area contributed by atoms with E-state index < -0.39 is 5.97 Å². The minimum absolute atomic E-state index is 0.160. The van der Waals surface area contributed by atoms with Crippen molar-refractivity contribution >= 4 is 17.7 Å². The summed E-state index contributed by atoms with van der Waals surface area (Å²) in [5.41, 5.74) is 3.19. The number of carbonyl (C=O) groups is 1. The number of nitrogens with zero attached hydrogens (tertiary/aromatic N) is 3. The molecule has 0 amide bonds. The Morgan fingerprint density at radius 2 is 1.79 bits per heavy atom. The van der Waals surface area contributed by atoms with E-state index in [0.29, 0.717) is 16.7 Å². The van der Waals surface area contributed by atoms with E-state index in [1.54, 1.807) is 12.1 Å². The highest BCUT2D eigenvalue weighted by atomic mass is 32.2. The highest BCUT2D eigenvalue weighted by molar-refractivity contribution is 7.98. The van der Waals surface area contributed by atoms with Crippen molar-refractivity contribution < 1.29 is 9.90 Å². The molecule has 0 saturated carbocycles. The van der Waals surface area contributed by atoms with Crippen molar-refractivity contribution in [2.45, 2.75) is 17.8 Å². The maximum absolute atomic E-state index is 10.7. The molecule has 1 aromatic heterocycles. The molecule has 122 valence electrons. The lowest BCUT2D eigenvalue weighted by Gasteiger charge is -2.06. The largest absolute Gasteiger partial charge is 0.545 e. The molecule has 0 unspecified atom stereocenters. The first kappa shape index (κ1) is 16.1. The molecule has 0 aliphatic heterocycles. The third-order valence-corrected chi connectivity index (χ3v) is 4.55. The zero-order valence-corrected chi connectivity index (χ0v) is 13.8. The van der Waals surface area contributed by atoms with Crippen LogP contribution in [0.3, 0.4) is 0 Å². The summed E-state index contributed by atoms with van der Waals surface area (Å²) in [6, 6.07) is 14.4. The van der Waals surface area contributed by atoms with E-state index in [1.165, 1.54) is 28.6 Å². The van der Waals surface area contributed by atoms with Crippen LogP contribution in [0.2, 0.25) is 0 Å². The predicted molar refractivity (Wildman–Crippen MR) is 90.7 cm³/mol. The van der Waals surface area contributed by atoms with Gasteiger partial charge in [-0.2, -0.15) is 0 Å². The molecule has 0 aliphatic rings. The highest BCUT2D eigenvalue weighted by Gasteiger charge is 2.12. The Hall–Kier alpha value is -2.80. The summed E-state index contributed by atoms with van der Waals surface area (Å²) in [4.78, 5) is 10.7. The van der Waals surface area contributed by atoms with Gasteiger partial charge >= 0.3 is 0 Å². The quantitative estimate of drug-likeness (QED) is 0.560. The number of carboxylic acids is 1. The number of carbonyl (C=O) groups excluding carboxylic acids is 1. The van der Waals surface area contributed by atoms with Gasteiger partial charge in [0.05, 0.1) is 5.97 Å². The van der Waals surface area contributed by atoms with Crippen molar-refractivity contribution in [3.05, 3.63) is 65.2 Å². The number of hydrogen-bond acceptors (Lipinski definition) is 6. The van der Waals surface area contributed by atoms with Crippen molar-refractivity contribution in [1.29, 1.82) is 0 Å². The summed E-state index contributed by atoms with van der Waals surface area (Å²) in [7, 11) is 0. The molecule has 0 spiro atoms. The molecule has 24 heavy (non-hydrogen) atoms. The highest BCUT2D eigenvalue weighted by Crippen LogP contribution is 2.24. The van der Waals surface area contributed by atoms with Crippen LogP contribution in [-0.2, 0) is 5.75 Å². The molecule has 2 N–H and O–H groups in total. The van der Waals surface area contributed by atoms with E-state index in [-0.39, 0.29) is 5.56 Å². The summed E-state index contributed by atoms with van der Waals surface area (Å²) >= 11 is 1.43. The Labute approximate surface area is 143 Å². The smallest absolute Gasteiger partial charge is 0.210 e. The molecule has 0 atom stereocenters.